The molecule has 7 heteroatoms. The number of methoxy groups -OCH3 is 1. The molecule has 0 aliphatic heterocycles. The zero-order valence-electron chi connectivity index (χ0n) is 11.8. The van der Waals surface area contributed by atoms with Gasteiger partial charge in [-0.15, -0.1) is 0 Å². The van der Waals surface area contributed by atoms with E-state index in [1.54, 1.807) is 18.2 Å². The number of carbonyl (C=O) groups excluding carboxylic acids is 1. The Morgan fingerprint density at radius 2 is 2.00 bits per heavy atom. The number of phenolic OH excluding ortho intramolecular Hbond substituents is 1. The third-order valence-corrected chi connectivity index (χ3v) is 3.53. The summed E-state index contributed by atoms with van der Waals surface area (Å²) in [6.45, 7) is 1.46. The molecule has 0 aliphatic carbocycles. The number of hydrogen-bond donors (Lipinski definition) is 1. The predicted molar refractivity (Wildman–Crippen MR) is 81.3 cm³/mol. The zero-order chi connectivity index (χ0) is 16.4. The van der Waals surface area contributed by atoms with E-state index in [4.69, 9.17) is 11.6 Å². The fourth-order valence-electron chi connectivity index (χ4n) is 2.17. The Morgan fingerprint density at radius 1 is 1.36 bits per heavy atom. The first-order valence-corrected chi connectivity index (χ1v) is 6.60. The molecule has 0 fully saturated rings. The second-order valence-corrected chi connectivity index (χ2v) is 4.95. The first-order valence-electron chi connectivity index (χ1n) is 6.22. The number of aryl methyl sites for hydroxylation is 1. The molecule has 2 aromatic carbocycles. The number of aromatic hydroxyl groups is 1. The van der Waals surface area contributed by atoms with Crippen molar-refractivity contribution in [1.82, 2.24) is 0 Å². The number of phenols is 1. The maximum atomic E-state index is 12.0. The second-order valence-electron chi connectivity index (χ2n) is 4.54. The van der Waals surface area contributed by atoms with Crippen LogP contribution < -0.4 is 0 Å². The van der Waals surface area contributed by atoms with Crippen molar-refractivity contribution >= 4 is 23.3 Å². The average molecular weight is 322 g/mol. The third-order valence-electron chi connectivity index (χ3n) is 3.20. The van der Waals surface area contributed by atoms with Crippen LogP contribution >= 0.6 is 11.6 Å². The standard InChI is InChI=1S/C15H12ClNO5/c1-8-7-11(17(20)21)12(9-5-3-4-6-10(9)16)13(14(8)18)15(19)22-2/h3-7,18H,1-2H3. The summed E-state index contributed by atoms with van der Waals surface area (Å²) < 4.78 is 4.64. The first-order chi connectivity index (χ1) is 10.4. The summed E-state index contributed by atoms with van der Waals surface area (Å²) in [5, 5.41) is 21.8. The van der Waals surface area contributed by atoms with Crippen molar-refractivity contribution in [2.45, 2.75) is 6.92 Å². The lowest BCUT2D eigenvalue weighted by Gasteiger charge is -2.13. The molecule has 114 valence electrons. The molecule has 0 amide bonds. The van der Waals surface area contributed by atoms with Crippen LogP contribution in [-0.4, -0.2) is 23.1 Å². The van der Waals surface area contributed by atoms with Crippen LogP contribution in [-0.2, 0) is 4.74 Å². The molecule has 0 saturated carbocycles. The van der Waals surface area contributed by atoms with E-state index < -0.39 is 10.9 Å². The van der Waals surface area contributed by atoms with Gasteiger partial charge in [-0.2, -0.15) is 0 Å². The van der Waals surface area contributed by atoms with Crippen LogP contribution in [0.2, 0.25) is 5.02 Å². The van der Waals surface area contributed by atoms with Crippen LogP contribution in [0.5, 0.6) is 5.75 Å². The van der Waals surface area contributed by atoms with E-state index in [9.17, 15) is 20.0 Å². The van der Waals surface area contributed by atoms with Gasteiger partial charge in [0.25, 0.3) is 5.69 Å². The molecule has 0 bridgehead atoms. The number of halogens is 1. The van der Waals surface area contributed by atoms with Gasteiger partial charge in [0.1, 0.15) is 11.3 Å². The molecule has 0 unspecified atom stereocenters. The topological polar surface area (TPSA) is 89.7 Å². The van der Waals surface area contributed by atoms with E-state index in [1.807, 2.05) is 0 Å². The molecular formula is C15H12ClNO5. The van der Waals surface area contributed by atoms with Crippen molar-refractivity contribution in [3.8, 4) is 16.9 Å². The minimum atomic E-state index is -0.876. The highest BCUT2D eigenvalue weighted by atomic mass is 35.5. The highest BCUT2D eigenvalue weighted by Crippen LogP contribution is 2.42. The summed E-state index contributed by atoms with van der Waals surface area (Å²) in [7, 11) is 1.13. The summed E-state index contributed by atoms with van der Waals surface area (Å²) >= 11 is 6.09. The molecule has 2 rings (SSSR count). The number of hydrogen-bond acceptors (Lipinski definition) is 5. The van der Waals surface area contributed by atoms with E-state index in [2.05, 4.69) is 4.74 Å². The van der Waals surface area contributed by atoms with Crippen LogP contribution in [0.3, 0.4) is 0 Å². The maximum absolute atomic E-state index is 12.0. The largest absolute Gasteiger partial charge is 0.507 e. The number of carbonyl (C=O) groups is 1. The predicted octanol–water partition coefficient (Wildman–Crippen LogP) is 3.72. The van der Waals surface area contributed by atoms with E-state index in [1.165, 1.54) is 19.1 Å². The Labute approximate surface area is 131 Å². The molecule has 0 spiro atoms. The van der Waals surface area contributed by atoms with Gasteiger partial charge in [0.2, 0.25) is 0 Å². The quantitative estimate of drug-likeness (QED) is 0.528. The number of nitrogens with zero attached hydrogens (tertiary/aromatic N) is 1. The lowest BCUT2D eigenvalue weighted by Crippen LogP contribution is -2.08. The minimum absolute atomic E-state index is 0.0643. The summed E-state index contributed by atoms with van der Waals surface area (Å²) in [5.74, 6) is -1.24. The fraction of sp³-hybridized carbons (Fsp3) is 0.133. The Balaban J connectivity index is 2.96. The number of ether oxygens (including phenoxy) is 1. The van der Waals surface area contributed by atoms with Gasteiger partial charge < -0.3 is 9.84 Å². The van der Waals surface area contributed by atoms with Crippen molar-refractivity contribution in [3.05, 3.63) is 56.6 Å². The smallest absolute Gasteiger partial charge is 0.342 e. The Bertz CT molecular complexity index is 773. The molecule has 0 aromatic heterocycles. The van der Waals surface area contributed by atoms with Crippen molar-refractivity contribution in [1.29, 1.82) is 0 Å². The SMILES string of the molecule is COC(=O)c1c(O)c(C)cc([N+](=O)[O-])c1-c1ccccc1Cl. The molecule has 0 atom stereocenters. The third kappa shape index (κ3) is 2.60. The van der Waals surface area contributed by atoms with Crippen molar-refractivity contribution < 1.29 is 19.6 Å². The van der Waals surface area contributed by atoms with Gasteiger partial charge in [-0.25, -0.2) is 4.79 Å². The van der Waals surface area contributed by atoms with Gasteiger partial charge in [0, 0.05) is 16.7 Å². The lowest BCUT2D eigenvalue weighted by atomic mass is 9.94. The molecule has 1 N–H and O–H groups in total. The van der Waals surface area contributed by atoms with Gasteiger partial charge in [0.15, 0.2) is 0 Å². The second kappa shape index (κ2) is 6.03. The van der Waals surface area contributed by atoms with E-state index in [-0.39, 0.29) is 38.7 Å². The first kappa shape index (κ1) is 15.8. The summed E-state index contributed by atoms with van der Waals surface area (Å²) in [5.41, 5.74) is -0.203. The van der Waals surface area contributed by atoms with Crippen LogP contribution in [0.4, 0.5) is 5.69 Å². The number of nitro benzene ring substituents is 1. The fourth-order valence-corrected chi connectivity index (χ4v) is 2.40. The van der Waals surface area contributed by atoms with Crippen LogP contribution in [0.1, 0.15) is 15.9 Å². The Morgan fingerprint density at radius 3 is 2.55 bits per heavy atom. The van der Waals surface area contributed by atoms with Crippen LogP contribution in [0.15, 0.2) is 30.3 Å². The maximum Gasteiger partial charge on any atom is 0.342 e. The molecule has 0 heterocycles. The van der Waals surface area contributed by atoms with Gasteiger partial charge in [-0.3, -0.25) is 10.1 Å². The minimum Gasteiger partial charge on any atom is -0.507 e. The number of rotatable bonds is 3. The molecule has 22 heavy (non-hydrogen) atoms. The highest BCUT2D eigenvalue weighted by molar-refractivity contribution is 6.33. The van der Waals surface area contributed by atoms with Crippen LogP contribution in [0, 0.1) is 17.0 Å². The van der Waals surface area contributed by atoms with Crippen LogP contribution in [0.25, 0.3) is 11.1 Å². The van der Waals surface area contributed by atoms with Crippen molar-refractivity contribution in [2.24, 2.45) is 0 Å². The Hall–Kier alpha value is -2.60. The molecule has 0 aliphatic rings. The van der Waals surface area contributed by atoms with Gasteiger partial charge in [0.05, 0.1) is 17.6 Å². The van der Waals surface area contributed by atoms with Gasteiger partial charge in [-0.05, 0) is 18.6 Å². The average Bonchev–Trinajstić information content (AvgIpc) is 2.49. The normalized spacial score (nSPS) is 10.3. The highest BCUT2D eigenvalue weighted by Gasteiger charge is 2.30. The van der Waals surface area contributed by atoms with E-state index in [0.29, 0.717) is 0 Å². The summed E-state index contributed by atoms with van der Waals surface area (Å²) in [6, 6.07) is 7.55. The number of nitro groups is 1. The Kier molecular flexibility index (Phi) is 4.32. The van der Waals surface area contributed by atoms with Gasteiger partial charge >= 0.3 is 5.97 Å². The van der Waals surface area contributed by atoms with Crippen molar-refractivity contribution in [2.75, 3.05) is 7.11 Å². The van der Waals surface area contributed by atoms with E-state index in [0.717, 1.165) is 7.11 Å². The molecular weight excluding hydrogens is 310 g/mol. The molecule has 6 nitrogen and oxygen atoms in total. The van der Waals surface area contributed by atoms with Crippen molar-refractivity contribution in [3.63, 3.8) is 0 Å². The lowest BCUT2D eigenvalue weighted by molar-refractivity contribution is -0.384. The number of esters is 1. The van der Waals surface area contributed by atoms with Gasteiger partial charge in [-0.1, -0.05) is 29.8 Å². The number of benzene rings is 2. The molecule has 0 saturated heterocycles. The summed E-state index contributed by atoms with van der Waals surface area (Å²) in [6.07, 6.45) is 0. The summed E-state index contributed by atoms with van der Waals surface area (Å²) in [4.78, 5) is 22.8. The monoisotopic (exact) mass is 321 g/mol. The molecule has 2 aromatic rings. The zero-order valence-corrected chi connectivity index (χ0v) is 12.5. The molecule has 0 radical (unpaired) electrons. The van der Waals surface area contributed by atoms with E-state index >= 15 is 0 Å².